The number of rotatable bonds is 2. The number of fused-ring (bicyclic) bond motifs is 2. The lowest BCUT2D eigenvalue weighted by molar-refractivity contribution is -0.536. The molecule has 3 atom stereocenters. The number of hydrogen-bond donors (Lipinski definition) is 1. The Morgan fingerprint density at radius 2 is 1.79 bits per heavy atom. The molecule has 0 aliphatic carbocycles. The van der Waals surface area contributed by atoms with Crippen LogP contribution in [0.25, 0.3) is 10.9 Å². The van der Waals surface area contributed by atoms with Gasteiger partial charge in [-0.25, -0.2) is 4.98 Å². The maximum absolute atomic E-state index is 11.6. The molecule has 3 aromatic rings. The van der Waals surface area contributed by atoms with E-state index in [0.29, 0.717) is 10.6 Å². The number of para-hydroxylation sites is 1. The van der Waals surface area contributed by atoms with Gasteiger partial charge in [0.2, 0.25) is 0 Å². The standard InChI is InChI=1S/C18H14N2O3S/c21-16-13-10-12-8-4-5-9-14(12)19-18(13)24-17(15(16)20(22)23)11-6-2-1-3-7-11/h1-10,15-17,21H/t15-,16-,17+/m0/s1. The van der Waals surface area contributed by atoms with Crippen molar-refractivity contribution < 1.29 is 10.0 Å². The number of benzene rings is 2. The number of pyridine rings is 1. The fraction of sp³-hybridized carbons (Fsp3) is 0.167. The van der Waals surface area contributed by atoms with Gasteiger partial charge in [-0.1, -0.05) is 60.3 Å². The second kappa shape index (κ2) is 5.89. The molecule has 5 nitrogen and oxygen atoms in total. The number of aliphatic hydroxyl groups excluding tert-OH is 1. The first kappa shape index (κ1) is 15.1. The molecule has 1 N–H and O–H groups in total. The minimum Gasteiger partial charge on any atom is -0.381 e. The quantitative estimate of drug-likeness (QED) is 0.569. The molecular weight excluding hydrogens is 324 g/mol. The molecule has 0 saturated heterocycles. The van der Waals surface area contributed by atoms with Crippen molar-refractivity contribution in [1.82, 2.24) is 4.98 Å². The Labute approximate surface area is 142 Å². The smallest absolute Gasteiger partial charge is 0.258 e. The van der Waals surface area contributed by atoms with Crippen LogP contribution in [-0.4, -0.2) is 21.1 Å². The summed E-state index contributed by atoms with van der Waals surface area (Å²) in [7, 11) is 0. The van der Waals surface area contributed by atoms with Gasteiger partial charge >= 0.3 is 0 Å². The lowest BCUT2D eigenvalue weighted by Crippen LogP contribution is -2.35. The summed E-state index contributed by atoms with van der Waals surface area (Å²) in [6.45, 7) is 0. The maximum atomic E-state index is 11.6. The first-order chi connectivity index (χ1) is 11.6. The maximum Gasteiger partial charge on any atom is 0.258 e. The van der Waals surface area contributed by atoms with Gasteiger partial charge in [0.25, 0.3) is 6.04 Å². The molecule has 0 saturated carbocycles. The third-order valence-corrected chi connectivity index (χ3v) is 5.63. The first-order valence-corrected chi connectivity index (χ1v) is 8.46. The van der Waals surface area contributed by atoms with Crippen molar-refractivity contribution in [2.45, 2.75) is 22.4 Å². The van der Waals surface area contributed by atoms with Crippen LogP contribution in [0.5, 0.6) is 0 Å². The van der Waals surface area contributed by atoms with Gasteiger partial charge in [-0.2, -0.15) is 0 Å². The van der Waals surface area contributed by atoms with Gasteiger partial charge in [-0.15, -0.1) is 0 Å². The van der Waals surface area contributed by atoms with Crippen molar-refractivity contribution >= 4 is 22.7 Å². The topological polar surface area (TPSA) is 76.3 Å². The van der Waals surface area contributed by atoms with Gasteiger partial charge in [0.1, 0.15) is 10.3 Å². The molecule has 6 heteroatoms. The van der Waals surface area contributed by atoms with Crippen LogP contribution in [0.2, 0.25) is 0 Å². The van der Waals surface area contributed by atoms with Crippen LogP contribution in [-0.2, 0) is 0 Å². The SMILES string of the molecule is O=[N+]([O-])[C@@H]1[C@@H](c2ccccc2)Sc2nc3ccccc3cc2[C@@H]1O. The van der Waals surface area contributed by atoms with Crippen molar-refractivity contribution in [3.05, 3.63) is 81.9 Å². The van der Waals surface area contributed by atoms with Crippen molar-refractivity contribution in [3.63, 3.8) is 0 Å². The zero-order valence-corrected chi connectivity index (χ0v) is 13.4. The highest BCUT2D eigenvalue weighted by atomic mass is 32.2. The molecule has 0 bridgehead atoms. The first-order valence-electron chi connectivity index (χ1n) is 7.58. The predicted octanol–water partition coefficient (Wildman–Crippen LogP) is 3.76. The van der Waals surface area contributed by atoms with Crippen LogP contribution >= 0.6 is 11.8 Å². The fourth-order valence-electron chi connectivity index (χ4n) is 3.09. The Balaban J connectivity index is 1.87. The Kier molecular flexibility index (Phi) is 3.70. The average molecular weight is 338 g/mol. The lowest BCUT2D eigenvalue weighted by Gasteiger charge is -2.30. The van der Waals surface area contributed by atoms with Gasteiger partial charge in [0, 0.05) is 15.9 Å². The minimum atomic E-state index is -1.18. The summed E-state index contributed by atoms with van der Waals surface area (Å²) >= 11 is 1.35. The van der Waals surface area contributed by atoms with Gasteiger partial charge in [-0.3, -0.25) is 10.1 Å². The fourth-order valence-corrected chi connectivity index (χ4v) is 4.48. The van der Waals surface area contributed by atoms with E-state index in [1.165, 1.54) is 11.8 Å². The molecular formula is C18H14N2O3S. The van der Waals surface area contributed by atoms with E-state index >= 15 is 0 Å². The van der Waals surface area contributed by atoms with Crippen molar-refractivity contribution in [2.75, 3.05) is 0 Å². The molecule has 0 fully saturated rings. The number of hydrogen-bond acceptors (Lipinski definition) is 5. The van der Waals surface area contributed by atoms with Crippen LogP contribution in [0.4, 0.5) is 0 Å². The zero-order chi connectivity index (χ0) is 16.7. The van der Waals surface area contributed by atoms with Crippen LogP contribution in [0.1, 0.15) is 22.5 Å². The van der Waals surface area contributed by atoms with Crippen molar-refractivity contribution in [2.24, 2.45) is 0 Å². The summed E-state index contributed by atoms with van der Waals surface area (Å²) in [5, 5.41) is 23.4. The normalized spacial score (nSPS) is 23.0. The van der Waals surface area contributed by atoms with E-state index in [4.69, 9.17) is 0 Å². The molecule has 0 amide bonds. The molecule has 120 valence electrons. The number of nitrogens with zero attached hydrogens (tertiary/aromatic N) is 2. The van der Waals surface area contributed by atoms with Crippen LogP contribution in [0.3, 0.4) is 0 Å². The molecule has 1 aliphatic heterocycles. The molecule has 1 aromatic heterocycles. The highest BCUT2D eigenvalue weighted by Crippen LogP contribution is 2.49. The van der Waals surface area contributed by atoms with Gasteiger partial charge in [0.05, 0.1) is 5.52 Å². The van der Waals surface area contributed by atoms with Gasteiger partial charge < -0.3 is 5.11 Å². The second-order valence-electron chi connectivity index (χ2n) is 5.75. The number of aliphatic hydroxyl groups is 1. The molecule has 24 heavy (non-hydrogen) atoms. The third-order valence-electron chi connectivity index (χ3n) is 4.28. The third kappa shape index (κ3) is 2.44. The van der Waals surface area contributed by atoms with E-state index in [9.17, 15) is 15.2 Å². The van der Waals surface area contributed by atoms with Crippen LogP contribution < -0.4 is 0 Å². The van der Waals surface area contributed by atoms with Crippen molar-refractivity contribution in [3.8, 4) is 0 Å². The molecule has 2 aromatic carbocycles. The number of aromatic nitrogens is 1. The number of thioether (sulfide) groups is 1. The Morgan fingerprint density at radius 1 is 1.08 bits per heavy atom. The zero-order valence-electron chi connectivity index (χ0n) is 12.6. The Morgan fingerprint density at radius 3 is 2.54 bits per heavy atom. The molecule has 0 radical (unpaired) electrons. The number of nitro groups is 1. The summed E-state index contributed by atoms with van der Waals surface area (Å²) in [4.78, 5) is 15.9. The van der Waals surface area contributed by atoms with E-state index < -0.39 is 17.4 Å². The minimum absolute atomic E-state index is 0.381. The van der Waals surface area contributed by atoms with Crippen LogP contribution in [0, 0.1) is 10.1 Å². The Bertz CT molecular complexity index is 917. The lowest BCUT2D eigenvalue weighted by atomic mass is 9.95. The summed E-state index contributed by atoms with van der Waals surface area (Å²) < 4.78 is 0. The van der Waals surface area contributed by atoms with E-state index in [0.717, 1.165) is 16.5 Å². The van der Waals surface area contributed by atoms with E-state index in [-0.39, 0.29) is 4.92 Å². The summed E-state index contributed by atoms with van der Waals surface area (Å²) in [6.07, 6.45) is -1.18. The second-order valence-corrected chi connectivity index (χ2v) is 6.88. The van der Waals surface area contributed by atoms with Crippen LogP contribution in [0.15, 0.2) is 65.7 Å². The summed E-state index contributed by atoms with van der Waals surface area (Å²) in [5.41, 5.74) is 2.18. The summed E-state index contributed by atoms with van der Waals surface area (Å²) in [5.74, 6) is 0. The molecule has 0 spiro atoms. The summed E-state index contributed by atoms with van der Waals surface area (Å²) in [6, 6.07) is 17.6. The Hall–Kier alpha value is -2.44. The molecule has 2 heterocycles. The van der Waals surface area contributed by atoms with E-state index in [1.54, 1.807) is 0 Å². The van der Waals surface area contributed by atoms with Gasteiger partial charge in [-0.05, 0) is 17.7 Å². The molecule has 4 rings (SSSR count). The van der Waals surface area contributed by atoms with Crippen molar-refractivity contribution in [1.29, 1.82) is 0 Å². The molecule has 1 aliphatic rings. The highest BCUT2D eigenvalue weighted by molar-refractivity contribution is 7.99. The monoisotopic (exact) mass is 338 g/mol. The van der Waals surface area contributed by atoms with Gasteiger partial charge in [0.15, 0.2) is 6.10 Å². The van der Waals surface area contributed by atoms with E-state index in [2.05, 4.69) is 4.98 Å². The highest BCUT2D eigenvalue weighted by Gasteiger charge is 2.46. The van der Waals surface area contributed by atoms with E-state index in [1.807, 2.05) is 60.7 Å². The average Bonchev–Trinajstić information content (AvgIpc) is 2.60. The largest absolute Gasteiger partial charge is 0.381 e. The molecule has 0 unspecified atom stereocenters. The predicted molar refractivity (Wildman–Crippen MR) is 92.5 cm³/mol.